The van der Waals surface area contributed by atoms with Gasteiger partial charge in [0.25, 0.3) is 0 Å². The number of amides is 2. The average molecular weight is 322 g/mol. The molecule has 0 radical (unpaired) electrons. The van der Waals surface area contributed by atoms with Crippen LogP contribution in [0.1, 0.15) is 32.1 Å². The molecule has 0 spiro atoms. The molecule has 3 aliphatic rings. The third-order valence-electron chi connectivity index (χ3n) is 5.35. The summed E-state index contributed by atoms with van der Waals surface area (Å²) in [7, 11) is 0. The van der Waals surface area contributed by atoms with Gasteiger partial charge in [0, 0.05) is 52.4 Å². The van der Waals surface area contributed by atoms with E-state index in [9.17, 15) is 9.59 Å². The number of nitrogens with zero attached hydrogens (tertiary/aromatic N) is 4. The van der Waals surface area contributed by atoms with Crippen LogP contribution in [0.25, 0.3) is 0 Å². The first-order chi connectivity index (χ1) is 11.2. The van der Waals surface area contributed by atoms with E-state index in [4.69, 9.17) is 0 Å². The molecular formula is C17H30N4O2. The number of rotatable bonds is 4. The zero-order valence-corrected chi connectivity index (χ0v) is 14.2. The van der Waals surface area contributed by atoms with Gasteiger partial charge in [-0.05, 0) is 32.1 Å². The van der Waals surface area contributed by atoms with Crippen LogP contribution in [-0.2, 0) is 9.59 Å². The highest BCUT2D eigenvalue weighted by Gasteiger charge is 2.25. The van der Waals surface area contributed by atoms with Crippen molar-refractivity contribution in [2.24, 2.45) is 0 Å². The minimum absolute atomic E-state index is 0.278. The fraction of sp³-hybridized carbons (Fsp3) is 0.882. The molecule has 0 aliphatic carbocycles. The van der Waals surface area contributed by atoms with Crippen LogP contribution in [0.3, 0.4) is 0 Å². The highest BCUT2D eigenvalue weighted by Crippen LogP contribution is 2.11. The number of hydrogen-bond acceptors (Lipinski definition) is 4. The van der Waals surface area contributed by atoms with Gasteiger partial charge in [-0.1, -0.05) is 0 Å². The maximum Gasteiger partial charge on any atom is 0.236 e. The van der Waals surface area contributed by atoms with E-state index in [1.165, 1.54) is 6.42 Å². The Balaban J connectivity index is 1.36. The molecule has 130 valence electrons. The van der Waals surface area contributed by atoms with Crippen molar-refractivity contribution >= 4 is 11.8 Å². The van der Waals surface area contributed by atoms with Gasteiger partial charge in [0.05, 0.1) is 13.1 Å². The fourth-order valence-corrected chi connectivity index (χ4v) is 3.80. The van der Waals surface area contributed by atoms with Crippen LogP contribution < -0.4 is 0 Å². The van der Waals surface area contributed by atoms with Crippen molar-refractivity contribution in [2.45, 2.75) is 32.1 Å². The number of hydrogen-bond donors (Lipinski definition) is 0. The Bertz CT molecular complexity index is 409. The monoisotopic (exact) mass is 322 g/mol. The molecule has 6 heteroatoms. The summed E-state index contributed by atoms with van der Waals surface area (Å²) in [6, 6.07) is 0. The summed E-state index contributed by atoms with van der Waals surface area (Å²) in [5.41, 5.74) is 0. The fourth-order valence-electron chi connectivity index (χ4n) is 3.80. The quantitative estimate of drug-likeness (QED) is 0.744. The predicted molar refractivity (Wildman–Crippen MR) is 89.1 cm³/mol. The minimum Gasteiger partial charge on any atom is -0.342 e. The predicted octanol–water partition coefficient (Wildman–Crippen LogP) is 0.239. The Morgan fingerprint density at radius 1 is 0.522 bits per heavy atom. The van der Waals surface area contributed by atoms with E-state index in [2.05, 4.69) is 9.80 Å². The first-order valence-electron chi connectivity index (χ1n) is 9.22. The molecule has 3 aliphatic heterocycles. The Kier molecular flexibility index (Phi) is 5.89. The van der Waals surface area contributed by atoms with Crippen molar-refractivity contribution in [1.29, 1.82) is 0 Å². The van der Waals surface area contributed by atoms with Gasteiger partial charge in [0.1, 0.15) is 0 Å². The second kappa shape index (κ2) is 8.11. The first-order valence-corrected chi connectivity index (χ1v) is 9.22. The zero-order valence-electron chi connectivity index (χ0n) is 14.2. The molecule has 23 heavy (non-hydrogen) atoms. The van der Waals surface area contributed by atoms with Crippen LogP contribution in [-0.4, -0.2) is 96.9 Å². The Hall–Kier alpha value is -1.14. The molecule has 0 aromatic heterocycles. The Morgan fingerprint density at radius 3 is 1.26 bits per heavy atom. The molecule has 3 rings (SSSR count). The highest BCUT2D eigenvalue weighted by atomic mass is 16.2. The van der Waals surface area contributed by atoms with Gasteiger partial charge in [0.2, 0.25) is 11.8 Å². The lowest BCUT2D eigenvalue weighted by molar-refractivity contribution is -0.135. The lowest BCUT2D eigenvalue weighted by Crippen LogP contribution is -2.52. The molecule has 0 saturated carbocycles. The second-order valence-corrected chi connectivity index (χ2v) is 7.08. The van der Waals surface area contributed by atoms with E-state index >= 15 is 0 Å². The Labute approximate surface area is 139 Å². The summed E-state index contributed by atoms with van der Waals surface area (Å²) in [6.45, 7) is 8.42. The molecule has 0 N–H and O–H groups in total. The van der Waals surface area contributed by atoms with Crippen molar-refractivity contribution in [3.05, 3.63) is 0 Å². The third-order valence-corrected chi connectivity index (χ3v) is 5.35. The lowest BCUT2D eigenvalue weighted by atomic mass is 10.1. The van der Waals surface area contributed by atoms with Crippen molar-refractivity contribution in [1.82, 2.24) is 19.6 Å². The molecule has 0 aromatic rings. The molecule has 3 saturated heterocycles. The average Bonchev–Trinajstić information content (AvgIpc) is 3.12. The summed E-state index contributed by atoms with van der Waals surface area (Å²) in [5, 5.41) is 0. The van der Waals surface area contributed by atoms with Crippen LogP contribution in [0.15, 0.2) is 0 Å². The van der Waals surface area contributed by atoms with E-state index in [1.807, 2.05) is 9.80 Å². The lowest BCUT2D eigenvalue weighted by Gasteiger charge is -2.36. The van der Waals surface area contributed by atoms with Crippen molar-refractivity contribution in [2.75, 3.05) is 65.4 Å². The molecular weight excluding hydrogens is 292 g/mol. The normalized spacial score (nSPS) is 24.2. The zero-order chi connectivity index (χ0) is 16.1. The summed E-state index contributed by atoms with van der Waals surface area (Å²) in [6.07, 6.45) is 5.86. The van der Waals surface area contributed by atoms with Crippen LogP contribution >= 0.6 is 0 Å². The molecule has 3 heterocycles. The van der Waals surface area contributed by atoms with Crippen molar-refractivity contribution in [3.63, 3.8) is 0 Å². The molecule has 0 aromatic carbocycles. The van der Waals surface area contributed by atoms with Crippen LogP contribution in [0, 0.1) is 0 Å². The van der Waals surface area contributed by atoms with Gasteiger partial charge in [-0.2, -0.15) is 0 Å². The molecule has 6 nitrogen and oxygen atoms in total. The number of piperazine rings is 1. The molecule has 0 unspecified atom stereocenters. The molecule has 2 amide bonds. The maximum absolute atomic E-state index is 12.3. The molecule has 0 bridgehead atoms. The Morgan fingerprint density at radius 2 is 0.870 bits per heavy atom. The standard InChI is InChI=1S/C17H30N4O2/c22-16(20-6-2-1-3-7-20)14-18-10-12-19(13-11-18)15-17(23)21-8-4-5-9-21/h1-15H2. The van der Waals surface area contributed by atoms with Gasteiger partial charge in [0.15, 0.2) is 0 Å². The van der Waals surface area contributed by atoms with Gasteiger partial charge in [-0.15, -0.1) is 0 Å². The maximum atomic E-state index is 12.3. The largest absolute Gasteiger partial charge is 0.342 e. The number of carbonyl (C=O) groups is 2. The molecule has 3 fully saturated rings. The van der Waals surface area contributed by atoms with Crippen LogP contribution in [0.4, 0.5) is 0 Å². The van der Waals surface area contributed by atoms with E-state index in [-0.39, 0.29) is 11.8 Å². The SMILES string of the molecule is O=C(CN1CCN(CC(=O)N2CCCC2)CC1)N1CCCCC1. The van der Waals surface area contributed by atoms with Crippen molar-refractivity contribution < 1.29 is 9.59 Å². The third kappa shape index (κ3) is 4.67. The van der Waals surface area contributed by atoms with Gasteiger partial charge in [-0.25, -0.2) is 0 Å². The number of likely N-dealkylation sites (tertiary alicyclic amines) is 2. The highest BCUT2D eigenvalue weighted by molar-refractivity contribution is 5.79. The summed E-state index contributed by atoms with van der Waals surface area (Å²) >= 11 is 0. The summed E-state index contributed by atoms with van der Waals surface area (Å²) in [4.78, 5) is 33.0. The number of piperidine rings is 1. The van der Waals surface area contributed by atoms with Gasteiger partial charge in [-0.3, -0.25) is 19.4 Å². The van der Waals surface area contributed by atoms with E-state index in [0.717, 1.165) is 78.0 Å². The topological polar surface area (TPSA) is 47.1 Å². The van der Waals surface area contributed by atoms with Crippen LogP contribution in [0.5, 0.6) is 0 Å². The smallest absolute Gasteiger partial charge is 0.236 e. The molecule has 0 atom stereocenters. The number of carbonyl (C=O) groups excluding carboxylic acids is 2. The van der Waals surface area contributed by atoms with E-state index in [1.54, 1.807) is 0 Å². The van der Waals surface area contributed by atoms with Crippen LogP contribution in [0.2, 0.25) is 0 Å². The summed E-state index contributed by atoms with van der Waals surface area (Å²) in [5.74, 6) is 0.562. The van der Waals surface area contributed by atoms with E-state index in [0.29, 0.717) is 13.1 Å². The first kappa shape index (κ1) is 16.7. The van der Waals surface area contributed by atoms with E-state index < -0.39 is 0 Å². The minimum atomic E-state index is 0.278. The van der Waals surface area contributed by atoms with Gasteiger partial charge >= 0.3 is 0 Å². The summed E-state index contributed by atoms with van der Waals surface area (Å²) < 4.78 is 0. The second-order valence-electron chi connectivity index (χ2n) is 7.08. The van der Waals surface area contributed by atoms with Gasteiger partial charge < -0.3 is 9.80 Å². The van der Waals surface area contributed by atoms with Crippen molar-refractivity contribution in [3.8, 4) is 0 Å².